The largest absolute Gasteiger partial charge is 1.00 e. The number of hydrogen-bond donors (Lipinski definition) is 1. The van der Waals surface area contributed by atoms with Crippen LogP contribution in [-0.2, 0) is 6.42 Å². The van der Waals surface area contributed by atoms with Gasteiger partial charge in [-0.3, -0.25) is 0 Å². The Balaban J connectivity index is -0.000000320. The zero-order chi connectivity index (χ0) is 11.6. The van der Waals surface area contributed by atoms with Crippen LogP contribution in [0.4, 0.5) is 0 Å². The first-order valence-electron chi connectivity index (χ1n) is 6.61. The fourth-order valence-corrected chi connectivity index (χ4v) is 1.99. The van der Waals surface area contributed by atoms with Gasteiger partial charge in [-0.2, -0.15) is 0 Å². The van der Waals surface area contributed by atoms with Gasteiger partial charge in [0.25, 0.3) is 0 Å². The molecule has 18 heavy (non-hydrogen) atoms. The van der Waals surface area contributed by atoms with Gasteiger partial charge in [0.15, 0.2) is 0 Å². The molecule has 0 aliphatic carbocycles. The molecule has 0 fully saturated rings. The van der Waals surface area contributed by atoms with Gasteiger partial charge < -0.3 is 7.96 Å². The Hall–Kier alpha value is 1.02. The van der Waals surface area contributed by atoms with Crippen LogP contribution >= 0.6 is 0 Å². The van der Waals surface area contributed by atoms with E-state index >= 15 is 0 Å². The van der Waals surface area contributed by atoms with Crippen molar-refractivity contribution >= 4 is 0 Å². The van der Waals surface area contributed by atoms with Crippen LogP contribution in [0.15, 0.2) is 24.3 Å². The molecule has 1 N–H and O–H groups in total. The molecule has 0 amide bonds. The fraction of sp³-hybridized carbons (Fsp3) is 0.600. The molecule has 0 aliphatic heterocycles. The number of benzene rings is 1. The van der Waals surface area contributed by atoms with Gasteiger partial charge in [-0.15, -0.1) is 0 Å². The van der Waals surface area contributed by atoms with Gasteiger partial charge in [-0.25, -0.2) is 0 Å². The van der Waals surface area contributed by atoms with Crippen LogP contribution in [0.1, 0.15) is 60.3 Å². The molecule has 1 nitrogen and oxygen atoms in total. The maximum atomic E-state index is 9.58. The number of hydrogen-bond acceptors (Lipinski definition) is 1. The van der Waals surface area contributed by atoms with Crippen molar-refractivity contribution in [2.45, 2.75) is 58.3 Å². The molecule has 0 saturated heterocycles. The molecule has 0 heterocycles. The topological polar surface area (TPSA) is 20.2 Å². The summed E-state index contributed by atoms with van der Waals surface area (Å²) in [7, 11) is 0. The number of phenols is 1. The summed E-state index contributed by atoms with van der Waals surface area (Å²) in [6.45, 7) is 2.25. The van der Waals surface area contributed by atoms with Crippen LogP contribution in [0.25, 0.3) is 0 Å². The van der Waals surface area contributed by atoms with Crippen LogP contribution in [0.2, 0.25) is 0 Å². The third kappa shape index (κ3) is 9.89. The molecule has 1 rings (SSSR count). The molecule has 94 valence electrons. The molecule has 0 aromatic heterocycles. The molecule has 0 unspecified atom stereocenters. The van der Waals surface area contributed by atoms with Crippen molar-refractivity contribution in [3.05, 3.63) is 29.8 Å². The Morgan fingerprint density at radius 3 is 2.06 bits per heavy atom. The Kier molecular flexibility index (Phi) is 17.1. The number of aryl methyl sites for hydroxylation is 1. The predicted octanol–water partition coefficient (Wildman–Crippen LogP) is -1.08. The van der Waals surface area contributed by atoms with Crippen molar-refractivity contribution in [2.75, 3.05) is 0 Å². The van der Waals surface area contributed by atoms with Gasteiger partial charge in [0.1, 0.15) is 5.75 Å². The van der Waals surface area contributed by atoms with Gasteiger partial charge in [-0.05, 0) is 24.5 Å². The number of para-hydroxylation sites is 1. The molecule has 0 atom stereocenters. The van der Waals surface area contributed by atoms with Crippen molar-refractivity contribution in [3.8, 4) is 5.75 Å². The molecule has 0 saturated carbocycles. The summed E-state index contributed by atoms with van der Waals surface area (Å²) in [5, 5.41) is 9.58. The Bertz CT molecular complexity index is 299. The van der Waals surface area contributed by atoms with E-state index in [0.29, 0.717) is 5.75 Å². The predicted molar refractivity (Wildman–Crippen MR) is 72.0 cm³/mol. The van der Waals surface area contributed by atoms with Crippen LogP contribution in [0.5, 0.6) is 5.75 Å². The molecular formula is C15H26Na2O. The van der Waals surface area contributed by atoms with Gasteiger partial charge in [0.2, 0.25) is 0 Å². The molecule has 3 heteroatoms. The molecule has 0 radical (unpaired) electrons. The van der Waals surface area contributed by atoms with E-state index in [-0.39, 0.29) is 62.0 Å². The molecule has 0 bridgehead atoms. The van der Waals surface area contributed by atoms with E-state index < -0.39 is 0 Å². The van der Waals surface area contributed by atoms with E-state index in [1.807, 2.05) is 18.2 Å². The average molecular weight is 268 g/mol. The Morgan fingerprint density at radius 1 is 0.889 bits per heavy atom. The summed E-state index contributed by atoms with van der Waals surface area (Å²) in [4.78, 5) is 0. The average Bonchev–Trinajstić information content (AvgIpc) is 2.30. The first kappa shape index (κ1) is 21.3. The van der Waals surface area contributed by atoms with Crippen molar-refractivity contribution in [1.29, 1.82) is 0 Å². The van der Waals surface area contributed by atoms with Gasteiger partial charge in [0.05, 0.1) is 0 Å². The maximum Gasteiger partial charge on any atom is 1.00 e. The second kappa shape index (κ2) is 14.4. The molecule has 0 aliphatic rings. The van der Waals surface area contributed by atoms with Gasteiger partial charge in [0, 0.05) is 0 Å². The minimum Gasteiger partial charge on any atom is -1.00 e. The second-order valence-electron chi connectivity index (χ2n) is 4.50. The first-order chi connectivity index (χ1) is 7.84. The Labute approximate surface area is 159 Å². The van der Waals surface area contributed by atoms with E-state index in [2.05, 4.69) is 6.92 Å². The SMILES string of the molecule is CCCCCCCCCc1ccccc1O.[H-].[H-].[Na+].[Na+]. The van der Waals surface area contributed by atoms with E-state index in [0.717, 1.165) is 12.0 Å². The quantitative estimate of drug-likeness (QED) is 0.470. The molecular weight excluding hydrogens is 242 g/mol. The zero-order valence-electron chi connectivity index (χ0n) is 14.4. The van der Waals surface area contributed by atoms with E-state index in [9.17, 15) is 5.11 Å². The third-order valence-corrected chi connectivity index (χ3v) is 3.04. The van der Waals surface area contributed by atoms with Gasteiger partial charge >= 0.3 is 59.1 Å². The van der Waals surface area contributed by atoms with Crippen LogP contribution < -0.4 is 59.1 Å². The standard InChI is InChI=1S/C15H24O.2Na.2H/c1-2-3-4-5-6-7-8-11-14-12-9-10-13-15(14)16;;;;/h9-10,12-13,16H,2-8,11H2,1H3;;;;/q;2*+1;2*-1. The smallest absolute Gasteiger partial charge is 1.00 e. The summed E-state index contributed by atoms with van der Waals surface area (Å²) >= 11 is 0. The second-order valence-corrected chi connectivity index (χ2v) is 4.50. The van der Waals surface area contributed by atoms with E-state index in [4.69, 9.17) is 0 Å². The minimum atomic E-state index is 0. The van der Waals surface area contributed by atoms with Crippen LogP contribution in [0.3, 0.4) is 0 Å². The van der Waals surface area contributed by atoms with Crippen molar-refractivity contribution in [1.82, 2.24) is 0 Å². The third-order valence-electron chi connectivity index (χ3n) is 3.04. The van der Waals surface area contributed by atoms with Crippen molar-refractivity contribution in [3.63, 3.8) is 0 Å². The van der Waals surface area contributed by atoms with E-state index in [1.165, 1.54) is 44.9 Å². The summed E-state index contributed by atoms with van der Waals surface area (Å²) in [6, 6.07) is 7.67. The van der Waals surface area contributed by atoms with Crippen molar-refractivity contribution in [2.24, 2.45) is 0 Å². The summed E-state index contributed by atoms with van der Waals surface area (Å²) < 4.78 is 0. The van der Waals surface area contributed by atoms with Gasteiger partial charge in [-0.1, -0.05) is 63.6 Å². The van der Waals surface area contributed by atoms with E-state index in [1.54, 1.807) is 6.07 Å². The number of aromatic hydroxyl groups is 1. The summed E-state index contributed by atoms with van der Waals surface area (Å²) in [5.41, 5.74) is 1.09. The number of rotatable bonds is 8. The number of unbranched alkanes of at least 4 members (excludes halogenated alkanes) is 6. The normalized spacial score (nSPS) is 9.39. The van der Waals surface area contributed by atoms with Crippen LogP contribution in [0, 0.1) is 0 Å². The fourth-order valence-electron chi connectivity index (χ4n) is 1.99. The number of phenolic OH excluding ortho intramolecular Hbond substituents is 1. The monoisotopic (exact) mass is 268 g/mol. The first-order valence-corrected chi connectivity index (χ1v) is 6.61. The maximum absolute atomic E-state index is 9.58. The molecule has 1 aromatic rings. The zero-order valence-corrected chi connectivity index (χ0v) is 16.4. The van der Waals surface area contributed by atoms with Crippen LogP contribution in [-0.4, -0.2) is 5.11 Å². The van der Waals surface area contributed by atoms with Crippen molar-refractivity contribution < 1.29 is 67.1 Å². The summed E-state index contributed by atoms with van der Waals surface area (Å²) in [6.07, 6.45) is 10.3. The molecule has 1 aromatic carbocycles. The Morgan fingerprint density at radius 2 is 1.44 bits per heavy atom. The summed E-state index contributed by atoms with van der Waals surface area (Å²) in [5.74, 6) is 0.452. The molecule has 0 spiro atoms. The minimum absolute atomic E-state index is 0.